The molecule has 0 aliphatic carbocycles. The average Bonchev–Trinajstić information content (AvgIpc) is 2.37. The first kappa shape index (κ1) is 13.2. The molecular formula is C15H17N3O. The highest BCUT2D eigenvalue weighted by Gasteiger charge is 1.99. The van der Waals surface area contributed by atoms with Gasteiger partial charge in [0, 0.05) is 0 Å². The Morgan fingerprint density at radius 2 is 1.95 bits per heavy atom. The van der Waals surface area contributed by atoms with Crippen LogP contribution in [0.25, 0.3) is 10.8 Å². The van der Waals surface area contributed by atoms with Gasteiger partial charge in [-0.1, -0.05) is 36.4 Å². The molecule has 0 heterocycles. The second kappa shape index (κ2) is 6.11. The number of carbonyl (C=O) groups excluding carboxylic acids is 1. The number of amides is 1. The van der Waals surface area contributed by atoms with Gasteiger partial charge in [0.05, 0.1) is 12.8 Å². The van der Waals surface area contributed by atoms with Crippen LogP contribution in [0.1, 0.15) is 5.56 Å². The van der Waals surface area contributed by atoms with Crippen molar-refractivity contribution in [3.8, 4) is 0 Å². The molecule has 0 saturated heterocycles. The Hall–Kier alpha value is -2.20. The topological polar surface area (TPSA) is 44.7 Å². The first-order chi connectivity index (χ1) is 9.15. The largest absolute Gasteiger partial charge is 0.301 e. The molecule has 2 aromatic rings. The van der Waals surface area contributed by atoms with E-state index in [1.807, 2.05) is 44.4 Å². The van der Waals surface area contributed by atoms with E-state index in [4.69, 9.17) is 0 Å². The highest BCUT2D eigenvalue weighted by molar-refractivity contribution is 5.90. The predicted octanol–water partition coefficient (Wildman–Crippen LogP) is 1.85. The number of rotatable bonds is 4. The Labute approximate surface area is 112 Å². The molecule has 0 radical (unpaired) electrons. The van der Waals surface area contributed by atoms with Gasteiger partial charge in [0.2, 0.25) is 0 Å². The molecule has 0 aromatic heterocycles. The Balaban J connectivity index is 2.03. The van der Waals surface area contributed by atoms with Gasteiger partial charge in [-0.2, -0.15) is 5.10 Å². The van der Waals surface area contributed by atoms with E-state index in [0.717, 1.165) is 10.9 Å². The van der Waals surface area contributed by atoms with Crippen LogP contribution < -0.4 is 5.43 Å². The van der Waals surface area contributed by atoms with E-state index < -0.39 is 0 Å². The van der Waals surface area contributed by atoms with Gasteiger partial charge in [-0.3, -0.25) is 4.79 Å². The van der Waals surface area contributed by atoms with Crippen molar-refractivity contribution in [1.29, 1.82) is 0 Å². The molecule has 1 N–H and O–H groups in total. The zero-order valence-corrected chi connectivity index (χ0v) is 11.1. The van der Waals surface area contributed by atoms with Crippen LogP contribution in [0.2, 0.25) is 0 Å². The molecule has 2 aromatic carbocycles. The lowest BCUT2D eigenvalue weighted by atomic mass is 10.1. The van der Waals surface area contributed by atoms with Gasteiger partial charge in [0.25, 0.3) is 5.91 Å². The highest BCUT2D eigenvalue weighted by atomic mass is 16.2. The third-order valence-corrected chi connectivity index (χ3v) is 2.64. The van der Waals surface area contributed by atoms with E-state index in [9.17, 15) is 4.79 Å². The first-order valence-corrected chi connectivity index (χ1v) is 6.10. The summed E-state index contributed by atoms with van der Waals surface area (Å²) in [5, 5.41) is 6.30. The molecule has 0 fully saturated rings. The van der Waals surface area contributed by atoms with Crippen LogP contribution in [0, 0.1) is 0 Å². The quantitative estimate of drug-likeness (QED) is 0.669. The van der Waals surface area contributed by atoms with Crippen LogP contribution in [0.5, 0.6) is 0 Å². The van der Waals surface area contributed by atoms with Crippen LogP contribution in [-0.4, -0.2) is 37.7 Å². The van der Waals surface area contributed by atoms with Crippen molar-refractivity contribution < 1.29 is 4.79 Å². The van der Waals surface area contributed by atoms with E-state index in [-0.39, 0.29) is 5.91 Å². The van der Waals surface area contributed by atoms with Crippen LogP contribution in [0.3, 0.4) is 0 Å². The molecule has 1 amide bonds. The minimum absolute atomic E-state index is 0.123. The highest BCUT2D eigenvalue weighted by Crippen LogP contribution is 2.14. The van der Waals surface area contributed by atoms with Crippen molar-refractivity contribution in [2.45, 2.75) is 0 Å². The molecule has 0 atom stereocenters. The summed E-state index contributed by atoms with van der Waals surface area (Å²) in [5.74, 6) is -0.123. The fraction of sp³-hybridized carbons (Fsp3) is 0.200. The predicted molar refractivity (Wildman–Crippen MR) is 78.2 cm³/mol. The monoisotopic (exact) mass is 255 g/mol. The van der Waals surface area contributed by atoms with Gasteiger partial charge in [0.15, 0.2) is 0 Å². The molecule has 0 aliphatic heterocycles. The third-order valence-electron chi connectivity index (χ3n) is 2.64. The summed E-state index contributed by atoms with van der Waals surface area (Å²) in [6.45, 7) is 0.328. The maximum Gasteiger partial charge on any atom is 0.254 e. The van der Waals surface area contributed by atoms with E-state index in [0.29, 0.717) is 6.54 Å². The number of benzene rings is 2. The molecule has 19 heavy (non-hydrogen) atoms. The second-order valence-electron chi connectivity index (χ2n) is 4.64. The van der Waals surface area contributed by atoms with Crippen LogP contribution in [0.15, 0.2) is 47.6 Å². The summed E-state index contributed by atoms with van der Waals surface area (Å²) in [5.41, 5.74) is 3.46. The minimum atomic E-state index is -0.123. The number of nitrogens with one attached hydrogen (secondary N) is 1. The molecule has 4 nitrogen and oxygen atoms in total. The number of hydrazone groups is 1. The fourth-order valence-corrected chi connectivity index (χ4v) is 1.79. The smallest absolute Gasteiger partial charge is 0.254 e. The number of nitrogens with zero attached hydrogens (tertiary/aromatic N) is 2. The van der Waals surface area contributed by atoms with Gasteiger partial charge in [-0.25, -0.2) is 5.43 Å². The first-order valence-electron chi connectivity index (χ1n) is 6.10. The summed E-state index contributed by atoms with van der Waals surface area (Å²) in [6.07, 6.45) is 1.65. The third kappa shape index (κ3) is 3.89. The summed E-state index contributed by atoms with van der Waals surface area (Å²) < 4.78 is 0. The molecular weight excluding hydrogens is 238 g/mol. The van der Waals surface area contributed by atoms with Gasteiger partial charge in [-0.05, 0) is 36.5 Å². The number of hydrogen-bond acceptors (Lipinski definition) is 3. The van der Waals surface area contributed by atoms with Gasteiger partial charge < -0.3 is 4.90 Å². The van der Waals surface area contributed by atoms with Crippen molar-refractivity contribution in [2.75, 3.05) is 20.6 Å². The van der Waals surface area contributed by atoms with Gasteiger partial charge in [-0.15, -0.1) is 0 Å². The second-order valence-corrected chi connectivity index (χ2v) is 4.64. The van der Waals surface area contributed by atoms with Crippen molar-refractivity contribution in [3.63, 3.8) is 0 Å². The lowest BCUT2D eigenvalue weighted by Gasteiger charge is -2.06. The van der Waals surface area contributed by atoms with Crippen molar-refractivity contribution in [1.82, 2.24) is 10.3 Å². The fourth-order valence-electron chi connectivity index (χ4n) is 1.79. The van der Waals surface area contributed by atoms with Crippen LogP contribution in [-0.2, 0) is 4.79 Å². The Morgan fingerprint density at radius 3 is 2.68 bits per heavy atom. The standard InChI is InChI=1S/C15H17N3O/c1-18(2)11-15(19)17-16-10-12-7-8-13-5-3-4-6-14(13)9-12/h3-10H,11H2,1-2H3,(H,17,19)/b16-10+. The van der Waals surface area contributed by atoms with Crippen LogP contribution in [0.4, 0.5) is 0 Å². The van der Waals surface area contributed by atoms with Crippen molar-refractivity contribution in [2.24, 2.45) is 5.10 Å². The maximum absolute atomic E-state index is 11.4. The van der Waals surface area contributed by atoms with E-state index in [1.54, 1.807) is 11.1 Å². The molecule has 4 heteroatoms. The normalized spacial score (nSPS) is 11.3. The summed E-state index contributed by atoms with van der Waals surface area (Å²) >= 11 is 0. The number of likely N-dealkylation sites (N-methyl/N-ethyl adjacent to an activating group) is 1. The zero-order valence-electron chi connectivity index (χ0n) is 11.1. The molecule has 0 aliphatic rings. The van der Waals surface area contributed by atoms with Crippen molar-refractivity contribution in [3.05, 3.63) is 48.0 Å². The van der Waals surface area contributed by atoms with Crippen molar-refractivity contribution >= 4 is 22.9 Å². The van der Waals surface area contributed by atoms with E-state index in [1.165, 1.54) is 5.39 Å². The number of fused-ring (bicyclic) bond motifs is 1. The lowest BCUT2D eigenvalue weighted by molar-refractivity contribution is -0.121. The van der Waals surface area contributed by atoms with Gasteiger partial charge >= 0.3 is 0 Å². The van der Waals surface area contributed by atoms with Gasteiger partial charge in [0.1, 0.15) is 0 Å². The molecule has 0 bridgehead atoms. The Bertz CT molecular complexity index is 605. The Kier molecular flexibility index (Phi) is 4.26. The van der Waals surface area contributed by atoms with E-state index in [2.05, 4.69) is 22.7 Å². The lowest BCUT2D eigenvalue weighted by Crippen LogP contribution is -2.30. The summed E-state index contributed by atoms with van der Waals surface area (Å²) in [4.78, 5) is 13.2. The van der Waals surface area contributed by atoms with Crippen LogP contribution >= 0.6 is 0 Å². The number of carbonyl (C=O) groups is 1. The average molecular weight is 255 g/mol. The minimum Gasteiger partial charge on any atom is -0.301 e. The maximum atomic E-state index is 11.4. The SMILES string of the molecule is CN(C)CC(=O)N/N=C/c1ccc2ccccc2c1. The number of hydrogen-bond donors (Lipinski definition) is 1. The summed E-state index contributed by atoms with van der Waals surface area (Å²) in [6, 6.07) is 14.2. The van der Waals surface area contributed by atoms with E-state index >= 15 is 0 Å². The summed E-state index contributed by atoms with van der Waals surface area (Å²) in [7, 11) is 3.68. The molecule has 0 saturated carbocycles. The zero-order chi connectivity index (χ0) is 13.7. The molecule has 0 spiro atoms. The molecule has 98 valence electrons. The molecule has 0 unspecified atom stereocenters. The molecule has 2 rings (SSSR count). The Morgan fingerprint density at radius 1 is 1.21 bits per heavy atom.